The zero-order chi connectivity index (χ0) is 19.0. The van der Waals surface area contributed by atoms with Crippen molar-refractivity contribution in [3.63, 3.8) is 0 Å². The molecule has 0 atom stereocenters. The van der Waals surface area contributed by atoms with Crippen LogP contribution >= 0.6 is 34.9 Å². The molecular formula is C20H18ClN3OS2. The SMILES string of the molecule is CNC(=O)Cc1c[nH]c2cc(NSc3sc4ccc(Cl)cc4c3C)ccc12. The monoisotopic (exact) mass is 415 g/mol. The van der Waals surface area contributed by atoms with Crippen molar-refractivity contribution in [1.82, 2.24) is 10.3 Å². The van der Waals surface area contributed by atoms with Crippen LogP contribution in [0.1, 0.15) is 11.1 Å². The van der Waals surface area contributed by atoms with E-state index in [-0.39, 0.29) is 5.91 Å². The van der Waals surface area contributed by atoms with Gasteiger partial charge in [0.2, 0.25) is 5.91 Å². The van der Waals surface area contributed by atoms with Crippen molar-refractivity contribution < 1.29 is 4.79 Å². The third-order valence-electron chi connectivity index (χ3n) is 4.51. The maximum absolute atomic E-state index is 11.6. The van der Waals surface area contributed by atoms with Crippen molar-refractivity contribution >= 4 is 67.5 Å². The Morgan fingerprint density at radius 3 is 2.89 bits per heavy atom. The minimum Gasteiger partial charge on any atom is -0.361 e. The van der Waals surface area contributed by atoms with Crippen LogP contribution in [0.2, 0.25) is 5.02 Å². The number of H-pyrrole nitrogens is 1. The van der Waals surface area contributed by atoms with E-state index in [9.17, 15) is 4.79 Å². The molecule has 0 fully saturated rings. The first kappa shape index (κ1) is 18.2. The number of aromatic amines is 1. The van der Waals surface area contributed by atoms with Crippen LogP contribution in [0.3, 0.4) is 0 Å². The van der Waals surface area contributed by atoms with Gasteiger partial charge >= 0.3 is 0 Å². The lowest BCUT2D eigenvalue weighted by Crippen LogP contribution is -2.19. The van der Waals surface area contributed by atoms with E-state index in [2.05, 4.69) is 34.1 Å². The fraction of sp³-hybridized carbons (Fsp3) is 0.150. The van der Waals surface area contributed by atoms with Crippen LogP contribution in [-0.2, 0) is 11.2 Å². The van der Waals surface area contributed by atoms with Crippen molar-refractivity contribution in [2.24, 2.45) is 0 Å². The fourth-order valence-electron chi connectivity index (χ4n) is 3.03. The van der Waals surface area contributed by atoms with E-state index >= 15 is 0 Å². The van der Waals surface area contributed by atoms with Crippen molar-refractivity contribution in [1.29, 1.82) is 0 Å². The Morgan fingerprint density at radius 1 is 1.22 bits per heavy atom. The van der Waals surface area contributed by atoms with Crippen molar-refractivity contribution in [2.75, 3.05) is 11.8 Å². The molecule has 0 spiro atoms. The number of carbonyl (C=O) groups is 1. The van der Waals surface area contributed by atoms with Gasteiger partial charge in [-0.1, -0.05) is 17.7 Å². The normalized spacial score (nSPS) is 11.2. The molecule has 0 saturated carbocycles. The highest BCUT2D eigenvalue weighted by molar-refractivity contribution is 8.02. The number of aryl methyl sites for hydroxylation is 1. The number of nitrogens with one attached hydrogen (secondary N) is 3. The predicted molar refractivity (Wildman–Crippen MR) is 117 cm³/mol. The van der Waals surface area contributed by atoms with Gasteiger partial charge < -0.3 is 15.0 Å². The largest absolute Gasteiger partial charge is 0.361 e. The molecule has 2 aromatic heterocycles. The number of aromatic nitrogens is 1. The lowest BCUT2D eigenvalue weighted by Gasteiger charge is -2.05. The number of thiophene rings is 1. The van der Waals surface area contributed by atoms with Gasteiger partial charge in [0.1, 0.15) is 0 Å². The molecule has 1 amide bonds. The number of likely N-dealkylation sites (N-methyl/N-ethyl adjacent to an activating group) is 1. The summed E-state index contributed by atoms with van der Waals surface area (Å²) in [6.45, 7) is 2.12. The van der Waals surface area contributed by atoms with Gasteiger partial charge in [-0.25, -0.2) is 0 Å². The first-order valence-corrected chi connectivity index (χ1v) is 10.5. The standard InChI is InChI=1S/C20H18ClN3OS2/c1-11-16-8-13(21)3-6-18(16)26-20(11)27-24-14-4-5-15-12(7-19(25)22-2)10-23-17(15)9-14/h3-6,8-10,23-24H,7H2,1-2H3,(H,22,25). The molecule has 0 bridgehead atoms. The van der Waals surface area contributed by atoms with Gasteiger partial charge in [-0.2, -0.15) is 0 Å². The second kappa shape index (κ2) is 7.46. The quantitative estimate of drug-likeness (QED) is 0.363. The Balaban J connectivity index is 1.54. The smallest absolute Gasteiger partial charge is 0.224 e. The summed E-state index contributed by atoms with van der Waals surface area (Å²) in [6.07, 6.45) is 2.28. The van der Waals surface area contributed by atoms with Crippen LogP contribution in [0.5, 0.6) is 0 Å². The minimum atomic E-state index is 0.00833. The Hall–Kier alpha value is -2.15. The van der Waals surface area contributed by atoms with Crippen LogP contribution in [-0.4, -0.2) is 17.9 Å². The maximum Gasteiger partial charge on any atom is 0.224 e. The Labute approximate surface area is 170 Å². The fourth-order valence-corrected chi connectivity index (χ4v) is 5.29. The molecule has 138 valence electrons. The number of carbonyl (C=O) groups excluding carboxylic acids is 1. The summed E-state index contributed by atoms with van der Waals surface area (Å²) in [5.74, 6) is 0.00833. The first-order chi connectivity index (χ1) is 13.0. The van der Waals surface area contributed by atoms with Gasteiger partial charge in [-0.15, -0.1) is 11.3 Å². The molecule has 0 aliphatic carbocycles. The second-order valence-corrected chi connectivity index (χ2v) is 8.85. The highest BCUT2D eigenvalue weighted by Gasteiger charge is 2.11. The molecular weight excluding hydrogens is 398 g/mol. The average molecular weight is 416 g/mol. The molecule has 0 aliphatic heterocycles. The van der Waals surface area contributed by atoms with Gasteiger partial charge in [0.15, 0.2) is 0 Å². The summed E-state index contributed by atoms with van der Waals surface area (Å²) in [4.78, 5) is 14.9. The lowest BCUT2D eigenvalue weighted by molar-refractivity contribution is -0.119. The van der Waals surface area contributed by atoms with Gasteiger partial charge in [-0.05, 0) is 65.7 Å². The minimum absolute atomic E-state index is 0.00833. The van der Waals surface area contributed by atoms with Crippen LogP contribution in [0.4, 0.5) is 5.69 Å². The van der Waals surface area contributed by atoms with E-state index in [0.29, 0.717) is 6.42 Å². The molecule has 2 heterocycles. The second-order valence-electron chi connectivity index (χ2n) is 6.28. The highest BCUT2D eigenvalue weighted by Crippen LogP contribution is 2.39. The number of anilines is 1. The van der Waals surface area contributed by atoms with Crippen LogP contribution in [0.15, 0.2) is 46.8 Å². The van der Waals surface area contributed by atoms with Gasteiger partial charge in [0, 0.05) is 39.6 Å². The molecule has 4 aromatic rings. The molecule has 27 heavy (non-hydrogen) atoms. The van der Waals surface area contributed by atoms with Crippen molar-refractivity contribution in [3.8, 4) is 0 Å². The maximum atomic E-state index is 11.6. The van der Waals surface area contributed by atoms with E-state index in [1.54, 1.807) is 30.3 Å². The van der Waals surface area contributed by atoms with E-state index in [1.165, 1.54) is 19.9 Å². The number of halogens is 1. The van der Waals surface area contributed by atoms with Crippen LogP contribution in [0, 0.1) is 6.92 Å². The van der Waals surface area contributed by atoms with E-state index in [0.717, 1.165) is 27.2 Å². The molecule has 0 aliphatic rings. The summed E-state index contributed by atoms with van der Waals surface area (Å²) in [5.41, 5.74) is 4.26. The number of hydrogen-bond donors (Lipinski definition) is 3. The highest BCUT2D eigenvalue weighted by atomic mass is 35.5. The third-order valence-corrected chi connectivity index (χ3v) is 7.15. The molecule has 0 saturated heterocycles. The predicted octanol–water partition coefficient (Wildman–Crippen LogP) is 5.75. The van der Waals surface area contributed by atoms with Gasteiger partial charge in [0.05, 0.1) is 10.6 Å². The average Bonchev–Trinajstić information content (AvgIpc) is 3.21. The summed E-state index contributed by atoms with van der Waals surface area (Å²) in [7, 11) is 1.65. The molecule has 4 nitrogen and oxygen atoms in total. The van der Waals surface area contributed by atoms with E-state index in [1.807, 2.05) is 30.5 Å². The Kier molecular flexibility index (Phi) is 5.04. The number of hydrogen-bond acceptors (Lipinski definition) is 4. The zero-order valence-electron chi connectivity index (χ0n) is 14.9. The summed E-state index contributed by atoms with van der Waals surface area (Å²) < 4.78 is 5.88. The van der Waals surface area contributed by atoms with Crippen LogP contribution in [0.25, 0.3) is 21.0 Å². The van der Waals surface area contributed by atoms with Crippen molar-refractivity contribution in [2.45, 2.75) is 17.6 Å². The van der Waals surface area contributed by atoms with Crippen molar-refractivity contribution in [3.05, 3.63) is 58.7 Å². The van der Waals surface area contributed by atoms with Crippen LogP contribution < -0.4 is 10.0 Å². The summed E-state index contributed by atoms with van der Waals surface area (Å²) in [5, 5.41) is 5.70. The molecule has 3 N–H and O–H groups in total. The lowest BCUT2D eigenvalue weighted by atomic mass is 10.1. The molecule has 0 radical (unpaired) electrons. The first-order valence-electron chi connectivity index (χ1n) is 8.47. The molecule has 7 heteroatoms. The number of rotatable bonds is 5. The summed E-state index contributed by atoms with van der Waals surface area (Å²) >= 11 is 9.49. The molecule has 0 unspecified atom stereocenters. The third kappa shape index (κ3) is 3.65. The summed E-state index contributed by atoms with van der Waals surface area (Å²) in [6, 6.07) is 12.2. The van der Waals surface area contributed by atoms with E-state index < -0.39 is 0 Å². The Bertz CT molecular complexity index is 1150. The number of benzene rings is 2. The zero-order valence-corrected chi connectivity index (χ0v) is 17.2. The Morgan fingerprint density at radius 2 is 2.07 bits per heavy atom. The number of amides is 1. The van der Waals surface area contributed by atoms with E-state index in [4.69, 9.17) is 11.6 Å². The molecule has 2 aromatic carbocycles. The topological polar surface area (TPSA) is 56.9 Å². The number of fused-ring (bicyclic) bond motifs is 2. The van der Waals surface area contributed by atoms with Gasteiger partial charge in [0.25, 0.3) is 0 Å². The van der Waals surface area contributed by atoms with Gasteiger partial charge in [-0.3, -0.25) is 4.79 Å². The molecule has 4 rings (SSSR count).